The summed E-state index contributed by atoms with van der Waals surface area (Å²) in [7, 11) is 5.82. The molecule has 1 unspecified atom stereocenters. The normalized spacial score (nSPS) is 13.1. The number of rotatable bonds is 15. The SMILES string of the molecule is C/C=C/CCCCCCCCCC(=O)OC(CC(=O)[O-])C[N+](C)(C)C. The first kappa shape index (κ1) is 23.6. The van der Waals surface area contributed by atoms with E-state index in [4.69, 9.17) is 4.74 Å². The Morgan fingerprint density at radius 1 is 1.00 bits per heavy atom. The molecule has 0 heterocycles. The number of nitrogens with zero attached hydrogens (tertiary/aromatic N) is 1. The Morgan fingerprint density at radius 3 is 2.08 bits per heavy atom. The maximum Gasteiger partial charge on any atom is 0.306 e. The van der Waals surface area contributed by atoms with Crippen LogP contribution in [0.5, 0.6) is 0 Å². The molecule has 0 aromatic carbocycles. The molecular formula is C20H37NO4. The van der Waals surface area contributed by atoms with E-state index in [0.717, 1.165) is 19.3 Å². The van der Waals surface area contributed by atoms with Gasteiger partial charge in [-0.2, -0.15) is 0 Å². The lowest BCUT2D eigenvalue weighted by molar-refractivity contribution is -0.873. The molecule has 1 atom stereocenters. The van der Waals surface area contributed by atoms with Gasteiger partial charge in [0.05, 0.1) is 21.1 Å². The molecule has 146 valence electrons. The van der Waals surface area contributed by atoms with E-state index >= 15 is 0 Å². The van der Waals surface area contributed by atoms with Crippen LogP contribution in [0.4, 0.5) is 0 Å². The third-order valence-corrected chi connectivity index (χ3v) is 3.93. The lowest BCUT2D eigenvalue weighted by Gasteiger charge is -2.29. The molecule has 0 aliphatic heterocycles. The fourth-order valence-corrected chi connectivity index (χ4v) is 2.77. The van der Waals surface area contributed by atoms with Gasteiger partial charge in [-0.05, 0) is 26.2 Å². The van der Waals surface area contributed by atoms with Crippen LogP contribution in [0.2, 0.25) is 0 Å². The maximum atomic E-state index is 11.9. The maximum absolute atomic E-state index is 11.9. The van der Waals surface area contributed by atoms with Gasteiger partial charge < -0.3 is 19.1 Å². The molecule has 0 saturated carbocycles. The van der Waals surface area contributed by atoms with Crippen LogP contribution < -0.4 is 5.11 Å². The van der Waals surface area contributed by atoms with Gasteiger partial charge in [0.1, 0.15) is 6.54 Å². The summed E-state index contributed by atoms with van der Waals surface area (Å²) in [6, 6.07) is 0. The molecule has 0 amide bonds. The first-order valence-corrected chi connectivity index (χ1v) is 9.55. The Hall–Kier alpha value is -1.36. The average Bonchev–Trinajstić information content (AvgIpc) is 2.46. The largest absolute Gasteiger partial charge is 0.550 e. The van der Waals surface area contributed by atoms with Crippen molar-refractivity contribution in [3.63, 3.8) is 0 Å². The molecule has 0 N–H and O–H groups in total. The molecular weight excluding hydrogens is 318 g/mol. The minimum absolute atomic E-state index is 0.242. The number of carboxylic acid groups (broad SMARTS) is 1. The van der Waals surface area contributed by atoms with E-state index in [9.17, 15) is 14.7 Å². The summed E-state index contributed by atoms with van der Waals surface area (Å²) < 4.78 is 5.88. The Balaban J connectivity index is 3.80. The van der Waals surface area contributed by atoms with Crippen molar-refractivity contribution in [2.45, 2.75) is 77.2 Å². The van der Waals surface area contributed by atoms with Crippen LogP contribution in [-0.4, -0.2) is 50.2 Å². The van der Waals surface area contributed by atoms with Crippen molar-refractivity contribution in [2.24, 2.45) is 0 Å². The van der Waals surface area contributed by atoms with Crippen molar-refractivity contribution in [1.29, 1.82) is 0 Å². The predicted molar refractivity (Wildman–Crippen MR) is 98.8 cm³/mol. The number of carbonyl (C=O) groups excluding carboxylic acids is 2. The van der Waals surface area contributed by atoms with Crippen molar-refractivity contribution < 1.29 is 23.9 Å². The second-order valence-electron chi connectivity index (χ2n) is 7.74. The molecule has 5 heteroatoms. The van der Waals surface area contributed by atoms with Crippen LogP contribution in [0, 0.1) is 0 Å². The fraction of sp³-hybridized carbons (Fsp3) is 0.800. The highest BCUT2D eigenvalue weighted by atomic mass is 16.5. The number of unbranched alkanes of at least 4 members (excludes halogenated alkanes) is 7. The molecule has 5 nitrogen and oxygen atoms in total. The molecule has 0 rings (SSSR count). The molecule has 0 spiro atoms. The average molecular weight is 356 g/mol. The number of aliphatic carboxylic acids is 1. The zero-order chi connectivity index (χ0) is 19.1. The topological polar surface area (TPSA) is 66.4 Å². The van der Waals surface area contributed by atoms with E-state index in [-0.39, 0.29) is 12.4 Å². The Morgan fingerprint density at radius 2 is 1.56 bits per heavy atom. The predicted octanol–water partition coefficient (Wildman–Crippen LogP) is 2.83. The van der Waals surface area contributed by atoms with Crippen LogP contribution in [0.15, 0.2) is 12.2 Å². The van der Waals surface area contributed by atoms with E-state index in [1.54, 1.807) is 0 Å². The fourth-order valence-electron chi connectivity index (χ4n) is 2.77. The minimum atomic E-state index is -1.18. The van der Waals surface area contributed by atoms with Crippen molar-refractivity contribution >= 4 is 11.9 Å². The number of hydrogen-bond acceptors (Lipinski definition) is 4. The van der Waals surface area contributed by atoms with Gasteiger partial charge >= 0.3 is 5.97 Å². The number of quaternary nitrogens is 1. The zero-order valence-corrected chi connectivity index (χ0v) is 16.6. The third kappa shape index (κ3) is 17.3. The van der Waals surface area contributed by atoms with Gasteiger partial charge in [-0.1, -0.05) is 44.3 Å². The van der Waals surface area contributed by atoms with E-state index in [2.05, 4.69) is 12.2 Å². The van der Waals surface area contributed by atoms with Crippen LogP contribution >= 0.6 is 0 Å². The summed E-state index contributed by atoms with van der Waals surface area (Å²) in [5.74, 6) is -1.48. The number of carboxylic acids is 1. The second-order valence-corrected chi connectivity index (χ2v) is 7.74. The van der Waals surface area contributed by atoms with Crippen molar-refractivity contribution in [3.05, 3.63) is 12.2 Å². The van der Waals surface area contributed by atoms with E-state index in [1.807, 2.05) is 28.1 Å². The molecule has 0 aromatic rings. The Bertz CT molecular complexity index is 399. The molecule has 0 radical (unpaired) electrons. The third-order valence-electron chi connectivity index (χ3n) is 3.93. The standard InChI is InChI=1S/C20H37NO4/c1-5-6-7-8-9-10-11-12-13-14-15-20(24)25-18(16-19(22)23)17-21(2,3)4/h5-6,18H,7-17H2,1-4H3/b6-5+. The summed E-state index contributed by atoms with van der Waals surface area (Å²) in [5.41, 5.74) is 0. The van der Waals surface area contributed by atoms with Crippen LogP contribution in [0.3, 0.4) is 0 Å². The van der Waals surface area contributed by atoms with Gasteiger partial charge in [0, 0.05) is 18.8 Å². The van der Waals surface area contributed by atoms with Gasteiger partial charge in [-0.25, -0.2) is 0 Å². The van der Waals surface area contributed by atoms with Gasteiger partial charge in [-0.15, -0.1) is 0 Å². The summed E-state index contributed by atoms with van der Waals surface area (Å²) in [4.78, 5) is 22.7. The summed E-state index contributed by atoms with van der Waals surface area (Å²) in [6.45, 7) is 2.51. The van der Waals surface area contributed by atoms with Gasteiger partial charge in [0.25, 0.3) is 0 Å². The summed E-state index contributed by atoms with van der Waals surface area (Å²) >= 11 is 0. The summed E-state index contributed by atoms with van der Waals surface area (Å²) in [6.07, 6.45) is 12.9. The quantitative estimate of drug-likeness (QED) is 0.196. The molecule has 0 aliphatic carbocycles. The Labute approximate surface area is 153 Å². The van der Waals surface area contributed by atoms with Gasteiger partial charge in [0.2, 0.25) is 0 Å². The van der Waals surface area contributed by atoms with E-state index in [0.29, 0.717) is 17.4 Å². The van der Waals surface area contributed by atoms with Crippen molar-refractivity contribution in [3.8, 4) is 0 Å². The van der Waals surface area contributed by atoms with E-state index in [1.165, 1.54) is 32.1 Å². The van der Waals surface area contributed by atoms with Crippen LogP contribution in [0.25, 0.3) is 0 Å². The first-order chi connectivity index (χ1) is 11.7. The van der Waals surface area contributed by atoms with Gasteiger partial charge in [-0.3, -0.25) is 4.79 Å². The van der Waals surface area contributed by atoms with E-state index < -0.39 is 12.1 Å². The smallest absolute Gasteiger partial charge is 0.306 e. The minimum Gasteiger partial charge on any atom is -0.550 e. The molecule has 0 bridgehead atoms. The zero-order valence-electron chi connectivity index (χ0n) is 16.6. The van der Waals surface area contributed by atoms with Crippen molar-refractivity contribution in [1.82, 2.24) is 0 Å². The molecule has 0 aliphatic rings. The number of esters is 1. The lowest BCUT2D eigenvalue weighted by atomic mass is 10.1. The number of ether oxygens (including phenoxy) is 1. The van der Waals surface area contributed by atoms with Crippen LogP contribution in [-0.2, 0) is 14.3 Å². The van der Waals surface area contributed by atoms with Gasteiger partial charge in [0.15, 0.2) is 6.10 Å². The highest BCUT2D eigenvalue weighted by Gasteiger charge is 2.22. The molecule has 0 saturated heterocycles. The number of allylic oxidation sites excluding steroid dienone is 2. The highest BCUT2D eigenvalue weighted by molar-refractivity contribution is 5.70. The number of hydrogen-bond donors (Lipinski definition) is 0. The Kier molecular flexibility index (Phi) is 13.1. The number of carbonyl (C=O) groups is 2. The number of likely N-dealkylation sites (N-methyl/N-ethyl adjacent to an activating group) is 1. The second kappa shape index (κ2) is 13.9. The highest BCUT2D eigenvalue weighted by Crippen LogP contribution is 2.12. The molecule has 0 fully saturated rings. The first-order valence-electron chi connectivity index (χ1n) is 9.55. The van der Waals surface area contributed by atoms with Crippen LogP contribution in [0.1, 0.15) is 71.1 Å². The molecule has 25 heavy (non-hydrogen) atoms. The van der Waals surface area contributed by atoms with Crippen molar-refractivity contribution in [2.75, 3.05) is 27.7 Å². The molecule has 0 aromatic heterocycles. The monoisotopic (exact) mass is 355 g/mol. The summed E-state index contributed by atoms with van der Waals surface area (Å²) in [5, 5.41) is 10.8. The lowest BCUT2D eigenvalue weighted by Crippen LogP contribution is -2.45.